The highest BCUT2D eigenvalue weighted by molar-refractivity contribution is 5.30. The van der Waals surface area contributed by atoms with Gasteiger partial charge in [0.25, 0.3) is 0 Å². The summed E-state index contributed by atoms with van der Waals surface area (Å²) in [7, 11) is 4.33. The zero-order valence-corrected chi connectivity index (χ0v) is 13.7. The summed E-state index contributed by atoms with van der Waals surface area (Å²) in [6.07, 6.45) is 2.65. The van der Waals surface area contributed by atoms with Crippen LogP contribution in [0.25, 0.3) is 0 Å². The van der Waals surface area contributed by atoms with Crippen LogP contribution in [-0.4, -0.2) is 32.1 Å². The predicted molar refractivity (Wildman–Crippen MR) is 87.2 cm³/mol. The second-order valence-corrected chi connectivity index (χ2v) is 7.26. The number of hydrogen-bond acceptors (Lipinski definition) is 2. The summed E-state index contributed by atoms with van der Waals surface area (Å²) in [5.41, 5.74) is 3.13. The fraction of sp³-hybridized carbons (Fsp3) is 0.667. The first-order valence-corrected chi connectivity index (χ1v) is 7.89. The molecule has 1 fully saturated rings. The lowest BCUT2D eigenvalue weighted by Crippen LogP contribution is -2.39. The number of benzene rings is 1. The fourth-order valence-electron chi connectivity index (χ4n) is 3.44. The molecule has 20 heavy (non-hydrogen) atoms. The van der Waals surface area contributed by atoms with Gasteiger partial charge in [0.2, 0.25) is 0 Å². The van der Waals surface area contributed by atoms with Crippen molar-refractivity contribution in [3.63, 3.8) is 0 Å². The Kier molecular flexibility index (Phi) is 4.87. The Balaban J connectivity index is 2.23. The van der Waals surface area contributed by atoms with E-state index in [0.717, 1.165) is 12.5 Å². The molecule has 0 amide bonds. The van der Waals surface area contributed by atoms with E-state index in [1.165, 1.54) is 30.5 Å². The average molecular weight is 274 g/mol. The molecule has 1 aromatic carbocycles. The van der Waals surface area contributed by atoms with Gasteiger partial charge in [-0.2, -0.15) is 0 Å². The molecule has 2 heteroatoms. The lowest BCUT2D eigenvalue weighted by atomic mass is 9.82. The van der Waals surface area contributed by atoms with E-state index < -0.39 is 0 Å². The third-order valence-electron chi connectivity index (χ3n) is 4.59. The van der Waals surface area contributed by atoms with Crippen LogP contribution in [0.4, 0.5) is 0 Å². The number of nitrogens with one attached hydrogen (secondary N) is 1. The van der Waals surface area contributed by atoms with Crippen LogP contribution in [-0.2, 0) is 5.41 Å². The van der Waals surface area contributed by atoms with Crippen molar-refractivity contribution in [2.75, 3.05) is 27.2 Å². The van der Waals surface area contributed by atoms with Gasteiger partial charge >= 0.3 is 0 Å². The molecule has 2 atom stereocenters. The van der Waals surface area contributed by atoms with Crippen molar-refractivity contribution in [3.8, 4) is 0 Å². The predicted octanol–water partition coefficient (Wildman–Crippen LogP) is 3.59. The van der Waals surface area contributed by atoms with E-state index in [4.69, 9.17) is 0 Å². The van der Waals surface area contributed by atoms with Crippen LogP contribution in [0.1, 0.15) is 50.8 Å². The summed E-state index contributed by atoms with van der Waals surface area (Å²) in [5, 5.41) is 3.37. The maximum Gasteiger partial charge on any atom is 0.0385 e. The molecule has 0 aliphatic carbocycles. The first kappa shape index (κ1) is 15.5. The molecule has 0 spiro atoms. The van der Waals surface area contributed by atoms with Crippen LogP contribution in [0.5, 0.6) is 0 Å². The quantitative estimate of drug-likeness (QED) is 0.906. The van der Waals surface area contributed by atoms with Crippen LogP contribution in [0, 0.1) is 5.92 Å². The molecule has 1 heterocycles. The van der Waals surface area contributed by atoms with Crippen molar-refractivity contribution < 1.29 is 0 Å². The lowest BCUT2D eigenvalue weighted by Gasteiger charge is -2.39. The molecule has 2 nitrogen and oxygen atoms in total. The van der Waals surface area contributed by atoms with E-state index in [1.54, 1.807) is 0 Å². The summed E-state index contributed by atoms with van der Waals surface area (Å²) >= 11 is 0. The van der Waals surface area contributed by atoms with Gasteiger partial charge in [-0.3, -0.25) is 4.90 Å². The number of likely N-dealkylation sites (tertiary alicyclic amines) is 1. The molecule has 1 aliphatic rings. The summed E-state index contributed by atoms with van der Waals surface area (Å²) in [5.74, 6) is 0.722. The Morgan fingerprint density at radius 1 is 1.20 bits per heavy atom. The van der Waals surface area contributed by atoms with Gasteiger partial charge in [-0.05, 0) is 62.5 Å². The summed E-state index contributed by atoms with van der Waals surface area (Å²) < 4.78 is 0. The Labute approximate surface area is 124 Å². The molecule has 1 N–H and O–H groups in total. The molecule has 2 rings (SSSR count). The highest BCUT2D eigenvalue weighted by Gasteiger charge is 2.30. The molecule has 1 aliphatic heterocycles. The topological polar surface area (TPSA) is 15.3 Å². The first-order chi connectivity index (χ1) is 9.43. The van der Waals surface area contributed by atoms with E-state index in [0.29, 0.717) is 6.04 Å². The van der Waals surface area contributed by atoms with E-state index in [9.17, 15) is 0 Å². The maximum absolute atomic E-state index is 3.37. The normalized spacial score (nSPS) is 24.9. The number of hydrogen-bond donors (Lipinski definition) is 1. The van der Waals surface area contributed by atoms with Crippen molar-refractivity contribution in [3.05, 3.63) is 35.4 Å². The van der Waals surface area contributed by atoms with Crippen molar-refractivity contribution >= 4 is 0 Å². The third kappa shape index (κ3) is 3.42. The van der Waals surface area contributed by atoms with Crippen molar-refractivity contribution in [2.45, 2.75) is 45.1 Å². The van der Waals surface area contributed by atoms with Gasteiger partial charge in [0.15, 0.2) is 0 Å². The van der Waals surface area contributed by atoms with Gasteiger partial charge in [0.1, 0.15) is 0 Å². The zero-order chi connectivity index (χ0) is 14.8. The summed E-state index contributed by atoms with van der Waals surface area (Å²) in [6, 6.07) is 9.87. The highest BCUT2D eigenvalue weighted by atomic mass is 15.1. The van der Waals surface area contributed by atoms with Gasteiger partial charge in [0, 0.05) is 6.04 Å². The molecule has 1 saturated heterocycles. The van der Waals surface area contributed by atoms with Crippen LogP contribution in [0.15, 0.2) is 24.3 Å². The van der Waals surface area contributed by atoms with E-state index in [2.05, 4.69) is 69.3 Å². The summed E-state index contributed by atoms with van der Waals surface area (Å²) in [6.45, 7) is 9.15. The zero-order valence-electron chi connectivity index (χ0n) is 13.7. The SMILES string of the molecule is CNCC1CCCN(C)C1c1ccc(C(C)(C)C)cc1. The van der Waals surface area contributed by atoms with E-state index >= 15 is 0 Å². The molecule has 112 valence electrons. The Bertz CT molecular complexity index is 414. The molecule has 2 unspecified atom stereocenters. The smallest absolute Gasteiger partial charge is 0.0385 e. The van der Waals surface area contributed by atoms with Gasteiger partial charge in [-0.1, -0.05) is 45.0 Å². The lowest BCUT2D eigenvalue weighted by molar-refractivity contribution is 0.121. The van der Waals surface area contributed by atoms with Crippen LogP contribution < -0.4 is 5.32 Å². The molecule has 0 saturated carbocycles. The molecular weight excluding hydrogens is 244 g/mol. The van der Waals surface area contributed by atoms with Crippen molar-refractivity contribution in [1.29, 1.82) is 0 Å². The largest absolute Gasteiger partial charge is 0.319 e. The maximum atomic E-state index is 3.37. The molecule has 0 radical (unpaired) electrons. The number of nitrogens with zero attached hydrogens (tertiary/aromatic N) is 1. The van der Waals surface area contributed by atoms with E-state index in [-0.39, 0.29) is 5.41 Å². The molecule has 0 aromatic heterocycles. The Hall–Kier alpha value is -0.860. The first-order valence-electron chi connectivity index (χ1n) is 7.89. The van der Waals surface area contributed by atoms with Crippen molar-refractivity contribution in [2.24, 2.45) is 5.92 Å². The average Bonchev–Trinajstić information content (AvgIpc) is 2.38. The fourth-order valence-corrected chi connectivity index (χ4v) is 3.44. The monoisotopic (exact) mass is 274 g/mol. The number of rotatable bonds is 3. The van der Waals surface area contributed by atoms with E-state index in [1.807, 2.05) is 0 Å². The molecule has 0 bridgehead atoms. The van der Waals surface area contributed by atoms with Gasteiger partial charge in [0.05, 0.1) is 0 Å². The minimum absolute atomic E-state index is 0.237. The van der Waals surface area contributed by atoms with Crippen LogP contribution in [0.3, 0.4) is 0 Å². The Morgan fingerprint density at radius 3 is 2.40 bits per heavy atom. The van der Waals surface area contributed by atoms with Gasteiger partial charge in [-0.15, -0.1) is 0 Å². The number of piperidine rings is 1. The van der Waals surface area contributed by atoms with Crippen molar-refractivity contribution in [1.82, 2.24) is 10.2 Å². The molecular formula is C18H30N2. The van der Waals surface area contributed by atoms with Crippen LogP contribution >= 0.6 is 0 Å². The second-order valence-electron chi connectivity index (χ2n) is 7.26. The van der Waals surface area contributed by atoms with Crippen LogP contribution in [0.2, 0.25) is 0 Å². The highest BCUT2D eigenvalue weighted by Crippen LogP contribution is 2.35. The van der Waals surface area contributed by atoms with Gasteiger partial charge < -0.3 is 5.32 Å². The minimum atomic E-state index is 0.237. The molecule has 1 aromatic rings. The Morgan fingerprint density at radius 2 is 1.85 bits per heavy atom. The minimum Gasteiger partial charge on any atom is -0.319 e. The van der Waals surface area contributed by atoms with Gasteiger partial charge in [-0.25, -0.2) is 0 Å². The standard InChI is InChI=1S/C18H30N2/c1-18(2,3)16-10-8-14(9-11-16)17-15(13-19-4)7-6-12-20(17)5/h8-11,15,17,19H,6-7,12-13H2,1-5H3. The summed E-state index contributed by atoms with van der Waals surface area (Å²) in [4.78, 5) is 2.53. The second kappa shape index (κ2) is 6.28. The third-order valence-corrected chi connectivity index (χ3v) is 4.59.